The smallest absolute Gasteiger partial charge is 0.255 e. The Bertz CT molecular complexity index is 716. The molecule has 0 bridgehead atoms. The number of nitrogens with one attached hydrogen (secondary N) is 1. The molecule has 0 spiro atoms. The average molecular weight is 306 g/mol. The van der Waals surface area contributed by atoms with Gasteiger partial charge in [0.2, 0.25) is 0 Å². The van der Waals surface area contributed by atoms with Gasteiger partial charge in [0.1, 0.15) is 5.75 Å². The molecule has 0 saturated carbocycles. The number of carbonyl (C=O) groups is 1. The van der Waals surface area contributed by atoms with Gasteiger partial charge >= 0.3 is 0 Å². The zero-order valence-corrected chi connectivity index (χ0v) is 11.5. The molecule has 0 heterocycles. The summed E-state index contributed by atoms with van der Waals surface area (Å²) in [7, 11) is 0. The van der Waals surface area contributed by atoms with Gasteiger partial charge in [0.05, 0.1) is 5.02 Å². The second-order valence-electron chi connectivity index (χ2n) is 4.19. The van der Waals surface area contributed by atoms with Gasteiger partial charge in [0, 0.05) is 16.8 Å². The van der Waals surface area contributed by atoms with Gasteiger partial charge < -0.3 is 21.4 Å². The summed E-state index contributed by atoms with van der Waals surface area (Å²) < 4.78 is 0. The van der Waals surface area contributed by atoms with Crippen LogP contribution in [0.25, 0.3) is 0 Å². The van der Waals surface area contributed by atoms with Crippen LogP contribution in [0.2, 0.25) is 5.02 Å². The largest absolute Gasteiger partial charge is 0.506 e. The van der Waals surface area contributed by atoms with Crippen molar-refractivity contribution in [3.05, 3.63) is 58.6 Å². The Morgan fingerprint density at radius 2 is 1.95 bits per heavy atom. The Labute approximate surface area is 125 Å². The number of halogens is 1. The molecule has 0 aliphatic carbocycles. The molecule has 0 atom stereocenters. The third-order valence-electron chi connectivity index (χ3n) is 2.73. The number of benzene rings is 2. The fraction of sp³-hybridized carbons (Fsp3) is 0. The number of aromatic hydroxyl groups is 1. The van der Waals surface area contributed by atoms with Crippen molar-refractivity contribution in [2.75, 3.05) is 5.32 Å². The van der Waals surface area contributed by atoms with Crippen LogP contribution in [0.4, 0.5) is 5.69 Å². The lowest BCUT2D eigenvalue weighted by Crippen LogP contribution is -2.15. The molecule has 1 amide bonds. The number of hydrogen-bond donors (Lipinski definition) is 4. The minimum absolute atomic E-state index is 0.0567. The number of hydrogen-bond acceptors (Lipinski definition) is 4. The van der Waals surface area contributed by atoms with Crippen molar-refractivity contribution in [2.24, 2.45) is 10.9 Å². The molecule has 7 heteroatoms. The van der Waals surface area contributed by atoms with Gasteiger partial charge in [-0.15, -0.1) is 0 Å². The first-order chi connectivity index (χ1) is 10.0. The first-order valence-corrected chi connectivity index (χ1v) is 6.27. The quantitative estimate of drug-likeness (QED) is 0.302. The van der Waals surface area contributed by atoms with Crippen LogP contribution in [0.15, 0.2) is 47.6 Å². The molecule has 2 aromatic rings. The molecule has 5 N–H and O–H groups in total. The van der Waals surface area contributed by atoms with Crippen molar-refractivity contribution in [1.29, 1.82) is 0 Å². The maximum Gasteiger partial charge on any atom is 0.255 e. The summed E-state index contributed by atoms with van der Waals surface area (Å²) in [4.78, 5) is 12.1. The number of nitrogens with two attached hydrogens (primary N) is 1. The summed E-state index contributed by atoms with van der Waals surface area (Å²) in [6, 6.07) is 10.7. The van der Waals surface area contributed by atoms with E-state index < -0.39 is 5.91 Å². The molecule has 0 saturated heterocycles. The monoisotopic (exact) mass is 305 g/mol. The van der Waals surface area contributed by atoms with Crippen molar-refractivity contribution in [1.82, 2.24) is 0 Å². The lowest BCUT2D eigenvalue weighted by Gasteiger charge is -2.07. The summed E-state index contributed by atoms with van der Waals surface area (Å²) in [5, 5.41) is 23.6. The van der Waals surface area contributed by atoms with Crippen LogP contribution in [0.1, 0.15) is 15.9 Å². The van der Waals surface area contributed by atoms with Crippen LogP contribution in [0.3, 0.4) is 0 Å². The molecule has 21 heavy (non-hydrogen) atoms. The normalized spacial score (nSPS) is 11.2. The number of oxime groups is 1. The lowest BCUT2D eigenvalue weighted by molar-refractivity contribution is 0.102. The van der Waals surface area contributed by atoms with E-state index in [1.165, 1.54) is 18.2 Å². The van der Waals surface area contributed by atoms with Crippen molar-refractivity contribution in [3.8, 4) is 5.75 Å². The van der Waals surface area contributed by atoms with Gasteiger partial charge in [-0.05, 0) is 30.3 Å². The minimum Gasteiger partial charge on any atom is -0.506 e. The summed E-state index contributed by atoms with van der Waals surface area (Å²) in [6.07, 6.45) is 0. The van der Waals surface area contributed by atoms with Crippen LogP contribution < -0.4 is 11.1 Å². The lowest BCUT2D eigenvalue weighted by atomic mass is 10.1. The zero-order chi connectivity index (χ0) is 15.4. The predicted molar refractivity (Wildman–Crippen MR) is 80.0 cm³/mol. The molecule has 0 radical (unpaired) electrons. The van der Waals surface area contributed by atoms with Crippen LogP contribution in [-0.2, 0) is 0 Å². The Hall–Kier alpha value is -2.73. The van der Waals surface area contributed by atoms with E-state index in [4.69, 9.17) is 22.5 Å². The standard InChI is InChI=1S/C14H12ClN3O3/c15-11-7-9(4-5-12(11)19)14(20)17-10-3-1-2-8(6-10)13(16)18-21/h1-7,19,21H,(H2,16,18)(H,17,20). The molecular formula is C14H12ClN3O3. The number of amides is 1. The second kappa shape index (κ2) is 6.15. The van der Waals surface area contributed by atoms with Crippen molar-refractivity contribution in [3.63, 3.8) is 0 Å². The van der Waals surface area contributed by atoms with E-state index in [-0.39, 0.29) is 16.6 Å². The Balaban J connectivity index is 2.21. The molecule has 2 rings (SSSR count). The van der Waals surface area contributed by atoms with E-state index in [2.05, 4.69) is 10.5 Å². The second-order valence-corrected chi connectivity index (χ2v) is 4.59. The van der Waals surface area contributed by atoms with Crippen LogP contribution in [0.5, 0.6) is 5.75 Å². The molecule has 6 nitrogen and oxygen atoms in total. The number of rotatable bonds is 3. The molecule has 0 aromatic heterocycles. The van der Waals surface area contributed by atoms with E-state index in [0.717, 1.165) is 0 Å². The van der Waals surface area contributed by atoms with Crippen molar-refractivity contribution >= 4 is 29.0 Å². The molecule has 108 valence electrons. The molecule has 0 fully saturated rings. The number of carbonyl (C=O) groups excluding carboxylic acids is 1. The number of nitrogens with zero attached hydrogens (tertiary/aromatic N) is 1. The highest BCUT2D eigenvalue weighted by atomic mass is 35.5. The van der Waals surface area contributed by atoms with Crippen LogP contribution in [-0.4, -0.2) is 22.1 Å². The average Bonchev–Trinajstić information content (AvgIpc) is 2.49. The Morgan fingerprint density at radius 3 is 2.62 bits per heavy atom. The third kappa shape index (κ3) is 3.43. The van der Waals surface area contributed by atoms with E-state index in [0.29, 0.717) is 16.8 Å². The fourth-order valence-electron chi connectivity index (χ4n) is 1.67. The fourth-order valence-corrected chi connectivity index (χ4v) is 1.85. The number of phenols is 1. The highest BCUT2D eigenvalue weighted by Crippen LogP contribution is 2.24. The number of anilines is 1. The molecule has 0 unspecified atom stereocenters. The number of phenolic OH excluding ortho intramolecular Hbond substituents is 1. The van der Waals surface area contributed by atoms with Gasteiger partial charge in [-0.2, -0.15) is 0 Å². The number of amidine groups is 1. The van der Waals surface area contributed by atoms with Crippen molar-refractivity contribution < 1.29 is 15.1 Å². The summed E-state index contributed by atoms with van der Waals surface area (Å²) >= 11 is 5.76. The summed E-state index contributed by atoms with van der Waals surface area (Å²) in [6.45, 7) is 0. The van der Waals surface area contributed by atoms with Crippen LogP contribution >= 0.6 is 11.6 Å². The van der Waals surface area contributed by atoms with Gasteiger partial charge in [-0.3, -0.25) is 4.79 Å². The van der Waals surface area contributed by atoms with Gasteiger partial charge in [-0.1, -0.05) is 28.9 Å². The molecule has 0 aliphatic rings. The first-order valence-electron chi connectivity index (χ1n) is 5.89. The summed E-state index contributed by atoms with van der Waals surface area (Å²) in [5.74, 6) is -0.547. The van der Waals surface area contributed by atoms with E-state index in [1.54, 1.807) is 24.3 Å². The first kappa shape index (κ1) is 14.7. The van der Waals surface area contributed by atoms with Crippen LogP contribution in [0, 0.1) is 0 Å². The van der Waals surface area contributed by atoms with Gasteiger partial charge in [0.15, 0.2) is 5.84 Å². The SMILES string of the molecule is N/C(=N/O)c1cccc(NC(=O)c2ccc(O)c(Cl)c2)c1. The minimum atomic E-state index is -0.395. The van der Waals surface area contributed by atoms with Gasteiger partial charge in [-0.25, -0.2) is 0 Å². The maximum absolute atomic E-state index is 12.1. The maximum atomic E-state index is 12.1. The van der Waals surface area contributed by atoms with E-state index in [1.807, 2.05) is 0 Å². The molecule has 0 aliphatic heterocycles. The highest BCUT2D eigenvalue weighted by Gasteiger charge is 2.09. The topological polar surface area (TPSA) is 108 Å². The van der Waals surface area contributed by atoms with Gasteiger partial charge in [0.25, 0.3) is 5.91 Å². The van der Waals surface area contributed by atoms with E-state index >= 15 is 0 Å². The molecule has 2 aromatic carbocycles. The zero-order valence-electron chi connectivity index (χ0n) is 10.7. The van der Waals surface area contributed by atoms with E-state index in [9.17, 15) is 9.90 Å². The highest BCUT2D eigenvalue weighted by molar-refractivity contribution is 6.32. The van der Waals surface area contributed by atoms with Crippen molar-refractivity contribution in [2.45, 2.75) is 0 Å². The Morgan fingerprint density at radius 1 is 1.19 bits per heavy atom. The summed E-state index contributed by atoms with van der Waals surface area (Å²) in [5.41, 5.74) is 6.73. The third-order valence-corrected chi connectivity index (χ3v) is 3.04. The molecular weight excluding hydrogens is 294 g/mol. The Kier molecular flexibility index (Phi) is 4.30. The predicted octanol–water partition coefficient (Wildman–Crippen LogP) is 2.39.